The molecule has 0 unspecified atom stereocenters. The van der Waals surface area contributed by atoms with Crippen molar-refractivity contribution >= 4 is 11.8 Å². The van der Waals surface area contributed by atoms with E-state index in [4.69, 9.17) is 4.74 Å². The molecule has 0 fully saturated rings. The molecular weight excluding hydrogens is 284 g/mol. The van der Waals surface area contributed by atoms with E-state index in [1.54, 1.807) is 7.11 Å². The van der Waals surface area contributed by atoms with Gasteiger partial charge in [-0.25, -0.2) is 0 Å². The van der Waals surface area contributed by atoms with E-state index >= 15 is 0 Å². The molecule has 2 rings (SSSR count). The second kappa shape index (κ2) is 8.81. The van der Waals surface area contributed by atoms with E-state index in [2.05, 4.69) is 46.8 Å². The van der Waals surface area contributed by atoms with Crippen LogP contribution in [0.25, 0.3) is 0 Å². The first-order valence-corrected chi connectivity index (χ1v) is 8.04. The number of hydrogen-bond donors (Lipinski definition) is 1. The summed E-state index contributed by atoms with van der Waals surface area (Å²) < 4.78 is 6.88. The number of methoxy groups -OCH3 is 1. The molecule has 1 N–H and O–H groups in total. The molecule has 21 heavy (non-hydrogen) atoms. The van der Waals surface area contributed by atoms with Crippen LogP contribution in [0.4, 0.5) is 0 Å². The molecule has 0 bridgehead atoms. The Morgan fingerprint density at radius 3 is 2.86 bits per heavy atom. The maximum absolute atomic E-state index is 4.98. The molecule has 114 valence electrons. The number of thioether (sulfide) groups is 1. The summed E-state index contributed by atoms with van der Waals surface area (Å²) in [5, 5.41) is 11.6. The highest BCUT2D eigenvalue weighted by atomic mass is 32.2. The number of benzene rings is 1. The van der Waals surface area contributed by atoms with Gasteiger partial charge in [-0.1, -0.05) is 22.9 Å². The molecule has 1 heterocycles. The lowest BCUT2D eigenvalue weighted by atomic mass is 10.2. The van der Waals surface area contributed by atoms with Crippen molar-refractivity contribution in [2.75, 3.05) is 26.0 Å². The van der Waals surface area contributed by atoms with E-state index in [0.29, 0.717) is 6.61 Å². The summed E-state index contributed by atoms with van der Waals surface area (Å²) in [5.41, 5.74) is 2.26. The molecule has 2 aromatic rings. The van der Waals surface area contributed by atoms with Crippen LogP contribution >= 0.6 is 11.8 Å². The second-order valence-corrected chi connectivity index (χ2v) is 5.97. The highest BCUT2D eigenvalue weighted by molar-refractivity contribution is 7.99. The summed E-state index contributed by atoms with van der Waals surface area (Å²) in [7, 11) is 1.70. The molecule has 0 aliphatic rings. The van der Waals surface area contributed by atoms with Crippen LogP contribution in [-0.4, -0.2) is 41.0 Å². The summed E-state index contributed by atoms with van der Waals surface area (Å²) in [6.07, 6.45) is 2.00. The molecule has 6 heteroatoms. The number of hydrogen-bond acceptors (Lipinski definition) is 5. The number of aromatic nitrogens is 3. The summed E-state index contributed by atoms with van der Waals surface area (Å²) in [6.45, 7) is 5.23. The molecular formula is C15H22N4OS. The second-order valence-electron chi connectivity index (χ2n) is 4.80. The van der Waals surface area contributed by atoms with Gasteiger partial charge in [0.2, 0.25) is 0 Å². The first-order chi connectivity index (χ1) is 10.3. The topological polar surface area (TPSA) is 52.0 Å². The Balaban J connectivity index is 1.69. The average molecular weight is 306 g/mol. The normalized spacial score (nSPS) is 11.0. The molecule has 0 aliphatic heterocycles. The zero-order valence-corrected chi connectivity index (χ0v) is 13.4. The van der Waals surface area contributed by atoms with Crippen molar-refractivity contribution in [2.45, 2.75) is 24.9 Å². The van der Waals surface area contributed by atoms with E-state index in [9.17, 15) is 0 Å². The highest BCUT2D eigenvalue weighted by Gasteiger charge is 2.01. The number of ether oxygens (including phenoxy) is 1. The molecule has 1 aromatic heterocycles. The van der Waals surface area contributed by atoms with Gasteiger partial charge in [-0.2, -0.15) is 0 Å². The quantitative estimate of drug-likeness (QED) is 0.568. The Morgan fingerprint density at radius 2 is 2.10 bits per heavy atom. The van der Waals surface area contributed by atoms with Gasteiger partial charge >= 0.3 is 0 Å². The van der Waals surface area contributed by atoms with Gasteiger partial charge in [0, 0.05) is 37.0 Å². The zero-order valence-electron chi connectivity index (χ0n) is 12.6. The third kappa shape index (κ3) is 5.87. The van der Waals surface area contributed by atoms with Crippen molar-refractivity contribution in [1.29, 1.82) is 0 Å². The van der Waals surface area contributed by atoms with E-state index in [0.717, 1.165) is 31.1 Å². The SMILES string of the molecule is COCCNCc1cn(CCSc2ccc(C)cc2)nn1. The van der Waals surface area contributed by atoms with Crippen molar-refractivity contribution in [2.24, 2.45) is 0 Å². The fraction of sp³-hybridized carbons (Fsp3) is 0.467. The van der Waals surface area contributed by atoms with Crippen LogP contribution in [-0.2, 0) is 17.8 Å². The fourth-order valence-corrected chi connectivity index (χ4v) is 2.65. The zero-order chi connectivity index (χ0) is 14.9. The van der Waals surface area contributed by atoms with Gasteiger partial charge in [0.25, 0.3) is 0 Å². The molecule has 0 atom stereocenters. The number of nitrogens with zero attached hydrogens (tertiary/aromatic N) is 3. The van der Waals surface area contributed by atoms with Gasteiger partial charge in [-0.3, -0.25) is 4.68 Å². The molecule has 5 nitrogen and oxygen atoms in total. The van der Waals surface area contributed by atoms with Gasteiger partial charge in [0.05, 0.1) is 18.8 Å². The predicted octanol–water partition coefficient (Wildman–Crippen LogP) is 2.11. The summed E-state index contributed by atoms with van der Waals surface area (Å²) in [5.74, 6) is 0.989. The van der Waals surface area contributed by atoms with Crippen LogP contribution < -0.4 is 5.32 Å². The monoisotopic (exact) mass is 306 g/mol. The third-order valence-corrected chi connectivity index (χ3v) is 3.98. The lowest BCUT2D eigenvalue weighted by Gasteiger charge is -2.02. The van der Waals surface area contributed by atoms with E-state index in [-0.39, 0.29) is 0 Å². The standard InChI is InChI=1S/C15H22N4OS/c1-13-3-5-15(6-4-13)21-10-8-19-12-14(17-18-19)11-16-7-9-20-2/h3-6,12,16H,7-11H2,1-2H3. The lowest BCUT2D eigenvalue weighted by Crippen LogP contribution is -2.18. The first kappa shape index (κ1) is 16.0. The van der Waals surface area contributed by atoms with Gasteiger partial charge in [-0.05, 0) is 19.1 Å². The number of nitrogens with one attached hydrogen (secondary N) is 1. The van der Waals surface area contributed by atoms with Gasteiger partial charge in [-0.15, -0.1) is 16.9 Å². The Kier molecular flexibility index (Phi) is 6.72. The molecule has 0 saturated heterocycles. The maximum atomic E-state index is 4.98. The van der Waals surface area contributed by atoms with Gasteiger partial charge in [0.15, 0.2) is 0 Å². The molecule has 0 radical (unpaired) electrons. The summed E-state index contributed by atoms with van der Waals surface area (Å²) >= 11 is 1.84. The highest BCUT2D eigenvalue weighted by Crippen LogP contribution is 2.18. The van der Waals surface area contributed by atoms with E-state index in [1.807, 2.05) is 22.6 Å². The van der Waals surface area contributed by atoms with Crippen LogP contribution in [0.2, 0.25) is 0 Å². The molecule has 0 amide bonds. The van der Waals surface area contributed by atoms with Crippen LogP contribution in [0.5, 0.6) is 0 Å². The fourth-order valence-electron chi connectivity index (χ4n) is 1.81. The summed E-state index contributed by atoms with van der Waals surface area (Å²) in [4.78, 5) is 1.29. The van der Waals surface area contributed by atoms with Crippen LogP contribution in [0.3, 0.4) is 0 Å². The van der Waals surface area contributed by atoms with Crippen LogP contribution in [0.15, 0.2) is 35.4 Å². The van der Waals surface area contributed by atoms with Crippen molar-refractivity contribution in [3.8, 4) is 0 Å². The average Bonchev–Trinajstić information content (AvgIpc) is 2.94. The van der Waals surface area contributed by atoms with Crippen molar-refractivity contribution in [3.05, 3.63) is 41.7 Å². The molecule has 0 spiro atoms. The van der Waals surface area contributed by atoms with Crippen molar-refractivity contribution in [3.63, 3.8) is 0 Å². The smallest absolute Gasteiger partial charge is 0.0964 e. The first-order valence-electron chi connectivity index (χ1n) is 7.06. The minimum atomic E-state index is 0.710. The van der Waals surface area contributed by atoms with Gasteiger partial charge < -0.3 is 10.1 Å². The molecule has 1 aromatic carbocycles. The Hall–Kier alpha value is -1.37. The predicted molar refractivity (Wildman–Crippen MR) is 85.5 cm³/mol. The van der Waals surface area contributed by atoms with Crippen molar-refractivity contribution in [1.82, 2.24) is 20.3 Å². The number of rotatable bonds is 9. The Bertz CT molecular complexity index is 527. The minimum absolute atomic E-state index is 0.710. The van der Waals surface area contributed by atoms with Crippen molar-refractivity contribution < 1.29 is 4.74 Å². The summed E-state index contributed by atoms with van der Waals surface area (Å²) in [6, 6.07) is 8.60. The van der Waals surface area contributed by atoms with Crippen LogP contribution in [0.1, 0.15) is 11.3 Å². The Morgan fingerprint density at radius 1 is 1.29 bits per heavy atom. The molecule has 0 aliphatic carbocycles. The largest absolute Gasteiger partial charge is 0.383 e. The van der Waals surface area contributed by atoms with Gasteiger partial charge in [0.1, 0.15) is 0 Å². The van der Waals surface area contributed by atoms with E-state index < -0.39 is 0 Å². The third-order valence-electron chi connectivity index (χ3n) is 2.99. The number of aryl methyl sites for hydroxylation is 2. The minimum Gasteiger partial charge on any atom is -0.383 e. The van der Waals surface area contributed by atoms with E-state index in [1.165, 1.54) is 10.5 Å². The van der Waals surface area contributed by atoms with Crippen LogP contribution in [0, 0.1) is 6.92 Å². The Labute approximate surface area is 130 Å². The molecule has 0 saturated carbocycles. The lowest BCUT2D eigenvalue weighted by molar-refractivity contribution is 0.199. The maximum Gasteiger partial charge on any atom is 0.0964 e.